The van der Waals surface area contributed by atoms with Crippen LogP contribution in [0, 0.1) is 11.8 Å². The summed E-state index contributed by atoms with van der Waals surface area (Å²) in [6.07, 6.45) is 6.00. The van der Waals surface area contributed by atoms with E-state index >= 15 is 0 Å². The molecule has 0 heteroatoms. The second-order valence-corrected chi connectivity index (χ2v) is 2.45. The summed E-state index contributed by atoms with van der Waals surface area (Å²) < 4.78 is 0. The van der Waals surface area contributed by atoms with Gasteiger partial charge in [-0.2, -0.15) is 0 Å². The van der Waals surface area contributed by atoms with Crippen LogP contribution < -0.4 is 0 Å². The molecule has 1 unspecified atom stereocenters. The number of fused-ring (bicyclic) bond motifs is 1. The fourth-order valence-electron chi connectivity index (χ4n) is 1.45. The highest BCUT2D eigenvalue weighted by Gasteiger charge is 2.54. The summed E-state index contributed by atoms with van der Waals surface area (Å²) in [4.78, 5) is 0. The Bertz CT molecular complexity index is 58.4. The van der Waals surface area contributed by atoms with Crippen molar-refractivity contribution in [3.05, 3.63) is 5.92 Å². The van der Waals surface area contributed by atoms with Gasteiger partial charge < -0.3 is 0 Å². The maximum absolute atomic E-state index is 1.87. The van der Waals surface area contributed by atoms with E-state index in [9.17, 15) is 0 Å². The van der Waals surface area contributed by atoms with Crippen molar-refractivity contribution >= 4 is 0 Å². The quantitative estimate of drug-likeness (QED) is 0.390. The van der Waals surface area contributed by atoms with Crippen LogP contribution in [-0.2, 0) is 0 Å². The third kappa shape index (κ3) is 0.226. The summed E-state index contributed by atoms with van der Waals surface area (Å²) in [6, 6.07) is 0. The Balaban J connectivity index is 2.09. The first-order valence-electron chi connectivity index (χ1n) is 2.81. The van der Waals surface area contributed by atoms with Crippen LogP contribution in [0.3, 0.4) is 0 Å². The molecule has 1 atom stereocenters. The van der Waals surface area contributed by atoms with E-state index in [0.717, 1.165) is 5.92 Å². The van der Waals surface area contributed by atoms with Gasteiger partial charge in [0.15, 0.2) is 0 Å². The van der Waals surface area contributed by atoms with E-state index in [4.69, 9.17) is 0 Å². The SMILES string of the molecule is C1C[C+]2CC2C1. The normalized spacial score (nSPS) is 40.0. The molecule has 0 N–H and O–H groups in total. The zero-order valence-corrected chi connectivity index (χ0v) is 3.91. The van der Waals surface area contributed by atoms with Gasteiger partial charge in [0, 0.05) is 0 Å². The van der Waals surface area contributed by atoms with Crippen LogP contribution in [0.2, 0.25) is 0 Å². The van der Waals surface area contributed by atoms with Crippen molar-refractivity contribution in [3.63, 3.8) is 0 Å². The number of rotatable bonds is 0. The van der Waals surface area contributed by atoms with E-state index in [0.29, 0.717) is 0 Å². The van der Waals surface area contributed by atoms with Crippen molar-refractivity contribution in [1.82, 2.24) is 0 Å². The van der Waals surface area contributed by atoms with Gasteiger partial charge >= 0.3 is 0 Å². The molecule has 0 amide bonds. The molecule has 2 aliphatic carbocycles. The van der Waals surface area contributed by atoms with Gasteiger partial charge in [0.1, 0.15) is 18.3 Å². The van der Waals surface area contributed by atoms with E-state index in [1.165, 1.54) is 25.7 Å². The van der Waals surface area contributed by atoms with Crippen molar-refractivity contribution in [2.75, 3.05) is 0 Å². The summed E-state index contributed by atoms with van der Waals surface area (Å²) in [5.74, 6) is 3.00. The van der Waals surface area contributed by atoms with Gasteiger partial charge in [0.05, 0.1) is 6.42 Å². The lowest BCUT2D eigenvalue weighted by Gasteiger charge is -1.71. The maximum atomic E-state index is 1.87. The molecule has 0 bridgehead atoms. The second kappa shape index (κ2) is 0.749. The van der Waals surface area contributed by atoms with Crippen molar-refractivity contribution in [3.8, 4) is 0 Å². The van der Waals surface area contributed by atoms with Gasteiger partial charge in [-0.3, -0.25) is 0 Å². The average molecular weight is 81.1 g/mol. The van der Waals surface area contributed by atoms with E-state index < -0.39 is 0 Å². The molecule has 0 radical (unpaired) electrons. The lowest BCUT2D eigenvalue weighted by Crippen LogP contribution is -1.63. The first kappa shape index (κ1) is 2.95. The van der Waals surface area contributed by atoms with Gasteiger partial charge in [-0.15, -0.1) is 0 Å². The summed E-state index contributed by atoms with van der Waals surface area (Å²) in [6.45, 7) is 0. The molecule has 2 rings (SSSR count). The van der Waals surface area contributed by atoms with Crippen LogP contribution >= 0.6 is 0 Å². The molecule has 0 saturated heterocycles. The molecule has 0 heterocycles. The molecule has 0 aromatic heterocycles. The largest absolute Gasteiger partial charge is 0.141 e. The minimum absolute atomic E-state index is 1.13. The predicted molar refractivity (Wildman–Crippen MR) is 25.2 cm³/mol. The zero-order valence-electron chi connectivity index (χ0n) is 3.91. The molecule has 6 heavy (non-hydrogen) atoms. The Morgan fingerprint density at radius 2 is 2.50 bits per heavy atom. The van der Waals surface area contributed by atoms with Gasteiger partial charge in [0.25, 0.3) is 0 Å². The zero-order chi connectivity index (χ0) is 3.98. The van der Waals surface area contributed by atoms with Gasteiger partial charge in [0.2, 0.25) is 0 Å². The van der Waals surface area contributed by atoms with Crippen LogP contribution in [0.1, 0.15) is 25.7 Å². The molecule has 0 aromatic carbocycles. The molecule has 2 saturated carbocycles. The Labute approximate surface area is 38.6 Å². The molecule has 2 aliphatic rings. The van der Waals surface area contributed by atoms with E-state index in [1.54, 1.807) is 0 Å². The molecule has 0 nitrogen and oxygen atoms in total. The molecule has 0 aliphatic heterocycles. The standard InChI is InChI=1S/C6H9/c1-2-5-4-6(5)3-1/h5H,1-4H2/q+1. The Morgan fingerprint density at radius 1 is 1.50 bits per heavy atom. The van der Waals surface area contributed by atoms with Crippen LogP contribution in [0.15, 0.2) is 0 Å². The lowest BCUT2D eigenvalue weighted by atomic mass is 10.3. The number of hydrogen-bond donors (Lipinski definition) is 0. The van der Waals surface area contributed by atoms with Crippen LogP contribution in [0.25, 0.3) is 0 Å². The topological polar surface area (TPSA) is 0 Å². The van der Waals surface area contributed by atoms with Gasteiger partial charge in [-0.25, -0.2) is 0 Å². The van der Waals surface area contributed by atoms with Crippen molar-refractivity contribution < 1.29 is 0 Å². The van der Waals surface area contributed by atoms with Crippen LogP contribution in [0.4, 0.5) is 0 Å². The molecule has 0 spiro atoms. The van der Waals surface area contributed by atoms with Crippen molar-refractivity contribution in [1.29, 1.82) is 0 Å². The monoisotopic (exact) mass is 81.1 g/mol. The average Bonchev–Trinajstić information content (AvgIpc) is 2.17. The Kier molecular flexibility index (Phi) is 0.368. The first-order valence-corrected chi connectivity index (χ1v) is 2.81. The number of hydrogen-bond acceptors (Lipinski definition) is 0. The highest BCUT2D eigenvalue weighted by atomic mass is 14.5. The van der Waals surface area contributed by atoms with E-state index in [2.05, 4.69) is 0 Å². The molecular weight excluding hydrogens is 72.1 g/mol. The highest BCUT2D eigenvalue weighted by Crippen LogP contribution is 2.53. The Hall–Kier alpha value is -0.130. The summed E-state index contributed by atoms with van der Waals surface area (Å²) >= 11 is 0. The summed E-state index contributed by atoms with van der Waals surface area (Å²) in [7, 11) is 0. The summed E-state index contributed by atoms with van der Waals surface area (Å²) in [5.41, 5.74) is 0. The van der Waals surface area contributed by atoms with Crippen molar-refractivity contribution in [2.45, 2.75) is 25.7 Å². The molecular formula is C6H9+. The smallest absolute Gasteiger partial charge is 0.00781 e. The fraction of sp³-hybridized carbons (Fsp3) is 0.833. The highest BCUT2D eigenvalue weighted by molar-refractivity contribution is 5.17. The van der Waals surface area contributed by atoms with E-state index in [1.807, 2.05) is 5.92 Å². The third-order valence-electron chi connectivity index (χ3n) is 1.98. The molecule has 0 aromatic rings. The summed E-state index contributed by atoms with van der Waals surface area (Å²) in [5, 5.41) is 0. The maximum Gasteiger partial charge on any atom is 0.141 e. The second-order valence-electron chi connectivity index (χ2n) is 2.45. The minimum atomic E-state index is 1.13. The molecule has 2 fully saturated rings. The Morgan fingerprint density at radius 3 is 2.67 bits per heavy atom. The van der Waals surface area contributed by atoms with Crippen molar-refractivity contribution in [2.24, 2.45) is 5.92 Å². The third-order valence-corrected chi connectivity index (χ3v) is 1.98. The lowest BCUT2D eigenvalue weighted by molar-refractivity contribution is 0.750. The molecule has 32 valence electrons. The predicted octanol–water partition coefficient (Wildman–Crippen LogP) is 1.76. The van der Waals surface area contributed by atoms with E-state index in [-0.39, 0.29) is 0 Å². The van der Waals surface area contributed by atoms with Crippen LogP contribution in [-0.4, -0.2) is 0 Å². The fourth-order valence-corrected chi connectivity index (χ4v) is 1.45. The van der Waals surface area contributed by atoms with Crippen LogP contribution in [0.5, 0.6) is 0 Å². The van der Waals surface area contributed by atoms with Gasteiger partial charge in [-0.05, 0) is 12.8 Å². The van der Waals surface area contributed by atoms with Gasteiger partial charge in [-0.1, -0.05) is 0 Å². The first-order chi connectivity index (χ1) is 2.97. The minimum Gasteiger partial charge on any atom is -0.00781 e.